The molecule has 32 heavy (non-hydrogen) atoms. The van der Waals surface area contributed by atoms with Crippen LogP contribution in [0.1, 0.15) is 5.69 Å². The summed E-state index contributed by atoms with van der Waals surface area (Å²) in [6, 6.07) is 7.39. The second kappa shape index (κ2) is 8.91. The van der Waals surface area contributed by atoms with E-state index in [-0.39, 0.29) is 17.7 Å². The zero-order valence-corrected chi connectivity index (χ0v) is 18.3. The number of ether oxygens (including phenoxy) is 2. The highest BCUT2D eigenvalue weighted by Gasteiger charge is 2.20. The fraction of sp³-hybridized carbons (Fsp3) is 0.381. The van der Waals surface area contributed by atoms with Crippen molar-refractivity contribution in [2.45, 2.75) is 13.2 Å². The number of halogens is 1. The first-order valence-electron chi connectivity index (χ1n) is 10.3. The average molecular weight is 456 g/mol. The maximum atomic E-state index is 13.1. The first-order chi connectivity index (χ1) is 15.7. The molecule has 0 radical (unpaired) electrons. The van der Waals surface area contributed by atoms with Crippen molar-refractivity contribution < 1.29 is 9.47 Å². The maximum absolute atomic E-state index is 13.1. The smallest absolute Gasteiger partial charge is 0.283 e. The van der Waals surface area contributed by atoms with Crippen molar-refractivity contribution in [3.63, 3.8) is 0 Å². The molecule has 11 heteroatoms. The third-order valence-electron chi connectivity index (χ3n) is 5.55. The summed E-state index contributed by atoms with van der Waals surface area (Å²) < 4.78 is 13.8. The number of hydrogen-bond acceptors (Lipinski definition) is 8. The summed E-state index contributed by atoms with van der Waals surface area (Å²) in [5.74, 6) is 0. The van der Waals surface area contributed by atoms with E-state index in [9.17, 15) is 4.79 Å². The molecular weight excluding hydrogens is 434 g/mol. The SMILES string of the molecule is COCc1nn2c(nnc3c(=O)n(CCN4CCOCC4)cnc32)c1-c1ccc(Cl)cc1. The molecule has 1 aromatic carbocycles. The quantitative estimate of drug-likeness (QED) is 0.432. The summed E-state index contributed by atoms with van der Waals surface area (Å²) in [6.07, 6.45) is 1.55. The van der Waals surface area contributed by atoms with Crippen LogP contribution in [-0.2, 0) is 22.6 Å². The third-order valence-corrected chi connectivity index (χ3v) is 5.80. The Morgan fingerprint density at radius 3 is 2.62 bits per heavy atom. The van der Waals surface area contributed by atoms with Crippen LogP contribution in [0.2, 0.25) is 5.02 Å². The van der Waals surface area contributed by atoms with Gasteiger partial charge in [-0.15, -0.1) is 10.2 Å². The molecule has 0 amide bonds. The van der Waals surface area contributed by atoms with E-state index in [0.29, 0.717) is 41.8 Å². The highest BCUT2D eigenvalue weighted by Crippen LogP contribution is 2.29. The molecule has 1 saturated heterocycles. The van der Waals surface area contributed by atoms with Crippen LogP contribution in [0.3, 0.4) is 0 Å². The molecule has 4 heterocycles. The van der Waals surface area contributed by atoms with Gasteiger partial charge in [0.1, 0.15) is 6.33 Å². The zero-order chi connectivity index (χ0) is 22.1. The summed E-state index contributed by atoms with van der Waals surface area (Å²) in [5.41, 5.74) is 3.13. The molecule has 4 aromatic rings. The van der Waals surface area contributed by atoms with Crippen LogP contribution < -0.4 is 5.56 Å². The standard InChI is InChI=1S/C21H22ClN7O3/c1-31-12-16-17(14-2-4-15(22)5-3-14)19-25-24-18-20(29(19)26-16)23-13-28(21(18)30)7-6-27-8-10-32-11-9-27/h2-5,13H,6-12H2,1H3. The van der Waals surface area contributed by atoms with Gasteiger partial charge in [0.2, 0.25) is 0 Å². The van der Waals surface area contributed by atoms with Gasteiger partial charge in [-0.05, 0) is 17.7 Å². The molecule has 3 aromatic heterocycles. The Morgan fingerprint density at radius 2 is 1.88 bits per heavy atom. The lowest BCUT2D eigenvalue weighted by molar-refractivity contribution is 0.0362. The first-order valence-corrected chi connectivity index (χ1v) is 10.7. The summed E-state index contributed by atoms with van der Waals surface area (Å²) in [4.78, 5) is 19.8. The number of morpholine rings is 1. The largest absolute Gasteiger partial charge is 0.379 e. The minimum absolute atomic E-state index is 0.177. The molecule has 0 saturated carbocycles. The zero-order valence-electron chi connectivity index (χ0n) is 17.6. The van der Waals surface area contributed by atoms with E-state index >= 15 is 0 Å². The summed E-state index contributed by atoms with van der Waals surface area (Å²) >= 11 is 6.05. The van der Waals surface area contributed by atoms with Gasteiger partial charge < -0.3 is 9.47 Å². The molecule has 10 nitrogen and oxygen atoms in total. The summed E-state index contributed by atoms with van der Waals surface area (Å²) in [5, 5.41) is 13.9. The lowest BCUT2D eigenvalue weighted by Crippen LogP contribution is -2.39. The Bertz CT molecular complexity index is 1310. The topological polar surface area (TPSA) is 99.7 Å². The molecule has 1 aliphatic heterocycles. The van der Waals surface area contributed by atoms with Crippen LogP contribution in [0.5, 0.6) is 0 Å². The van der Waals surface area contributed by atoms with Crippen LogP contribution in [-0.4, -0.2) is 74.2 Å². The van der Waals surface area contributed by atoms with E-state index in [1.54, 1.807) is 34.7 Å². The van der Waals surface area contributed by atoms with Gasteiger partial charge in [-0.2, -0.15) is 9.61 Å². The molecule has 0 N–H and O–H groups in total. The normalized spacial score (nSPS) is 15.1. The molecule has 0 atom stereocenters. The van der Waals surface area contributed by atoms with Crippen LogP contribution in [0.25, 0.3) is 27.9 Å². The van der Waals surface area contributed by atoms with Crippen LogP contribution >= 0.6 is 11.6 Å². The van der Waals surface area contributed by atoms with Crippen molar-refractivity contribution >= 4 is 28.4 Å². The predicted octanol–water partition coefficient (Wildman–Crippen LogP) is 1.63. The lowest BCUT2D eigenvalue weighted by Gasteiger charge is -2.26. The van der Waals surface area contributed by atoms with Gasteiger partial charge in [0.05, 0.1) is 31.1 Å². The van der Waals surface area contributed by atoms with Crippen molar-refractivity contribution in [1.82, 2.24) is 34.3 Å². The lowest BCUT2D eigenvalue weighted by atomic mass is 10.1. The number of methoxy groups -OCH3 is 1. The van der Waals surface area contributed by atoms with Crippen molar-refractivity contribution in [3.05, 3.63) is 51.7 Å². The van der Waals surface area contributed by atoms with Gasteiger partial charge in [0, 0.05) is 38.3 Å². The molecule has 5 rings (SSSR count). The second-order valence-electron chi connectivity index (χ2n) is 7.57. The molecule has 0 spiro atoms. The van der Waals surface area contributed by atoms with Gasteiger partial charge in [0.15, 0.2) is 16.8 Å². The number of nitrogens with zero attached hydrogens (tertiary/aromatic N) is 7. The molecule has 0 bridgehead atoms. The average Bonchev–Trinajstić information content (AvgIpc) is 3.18. The monoisotopic (exact) mass is 455 g/mol. The number of rotatable bonds is 6. The second-order valence-corrected chi connectivity index (χ2v) is 8.00. The molecule has 0 aliphatic carbocycles. The first kappa shape index (κ1) is 21.0. The van der Waals surface area contributed by atoms with Crippen LogP contribution in [0.4, 0.5) is 0 Å². The van der Waals surface area contributed by atoms with E-state index < -0.39 is 0 Å². The Balaban J connectivity index is 1.57. The maximum Gasteiger partial charge on any atom is 0.283 e. The minimum Gasteiger partial charge on any atom is -0.379 e. The number of fused-ring (bicyclic) bond motifs is 3. The number of hydrogen-bond donors (Lipinski definition) is 0. The fourth-order valence-corrected chi connectivity index (χ4v) is 4.01. The van der Waals surface area contributed by atoms with Gasteiger partial charge in [0.25, 0.3) is 5.56 Å². The van der Waals surface area contributed by atoms with Gasteiger partial charge in [-0.3, -0.25) is 14.3 Å². The molecule has 0 unspecified atom stereocenters. The Hall–Kier alpha value is -2.92. The molecule has 1 aliphatic rings. The van der Waals surface area contributed by atoms with Crippen molar-refractivity contribution in [2.75, 3.05) is 40.0 Å². The van der Waals surface area contributed by atoms with E-state index in [0.717, 1.165) is 30.8 Å². The van der Waals surface area contributed by atoms with Crippen molar-refractivity contribution in [3.8, 4) is 11.1 Å². The fourth-order valence-electron chi connectivity index (χ4n) is 3.89. The summed E-state index contributed by atoms with van der Waals surface area (Å²) in [6.45, 7) is 4.69. The third kappa shape index (κ3) is 3.86. The minimum atomic E-state index is -0.241. The van der Waals surface area contributed by atoms with E-state index in [4.69, 9.17) is 21.1 Å². The van der Waals surface area contributed by atoms with Gasteiger partial charge >= 0.3 is 0 Å². The molecule has 1 fully saturated rings. The van der Waals surface area contributed by atoms with Crippen LogP contribution in [0.15, 0.2) is 35.4 Å². The number of benzene rings is 1. The Morgan fingerprint density at radius 1 is 1.09 bits per heavy atom. The highest BCUT2D eigenvalue weighted by molar-refractivity contribution is 6.30. The van der Waals surface area contributed by atoms with E-state index in [1.165, 1.54) is 0 Å². The van der Waals surface area contributed by atoms with Gasteiger partial charge in [-0.25, -0.2) is 4.98 Å². The highest BCUT2D eigenvalue weighted by atomic mass is 35.5. The Kier molecular flexibility index (Phi) is 5.83. The summed E-state index contributed by atoms with van der Waals surface area (Å²) in [7, 11) is 1.60. The number of aromatic nitrogens is 6. The van der Waals surface area contributed by atoms with Gasteiger partial charge in [-0.1, -0.05) is 23.7 Å². The Labute approximate surface area is 188 Å². The van der Waals surface area contributed by atoms with E-state index in [1.807, 2.05) is 12.1 Å². The van der Waals surface area contributed by atoms with Crippen LogP contribution in [0, 0.1) is 0 Å². The molecule has 166 valence electrons. The predicted molar refractivity (Wildman–Crippen MR) is 119 cm³/mol. The van der Waals surface area contributed by atoms with Crippen molar-refractivity contribution in [2.24, 2.45) is 0 Å². The van der Waals surface area contributed by atoms with E-state index in [2.05, 4.69) is 25.2 Å². The molecular formula is C21H22ClN7O3. The van der Waals surface area contributed by atoms with Crippen molar-refractivity contribution in [1.29, 1.82) is 0 Å².